The van der Waals surface area contributed by atoms with Crippen LogP contribution in [0.5, 0.6) is 0 Å². The van der Waals surface area contributed by atoms with Gasteiger partial charge in [0.15, 0.2) is 0 Å². The third kappa shape index (κ3) is 3.68. The maximum absolute atomic E-state index is 12.8. The first kappa shape index (κ1) is 13.9. The van der Waals surface area contributed by atoms with Gasteiger partial charge in [-0.25, -0.2) is 4.39 Å². The first-order valence-corrected chi connectivity index (χ1v) is 5.70. The molecule has 1 rings (SSSR count). The number of aliphatic hydroxyl groups is 1. The Balaban J connectivity index is 2.82. The van der Waals surface area contributed by atoms with Crippen molar-refractivity contribution in [2.75, 3.05) is 6.61 Å². The van der Waals surface area contributed by atoms with Crippen LogP contribution in [-0.4, -0.2) is 23.7 Å². The van der Waals surface area contributed by atoms with Crippen LogP contribution in [0.25, 0.3) is 0 Å². The summed E-state index contributed by atoms with van der Waals surface area (Å²) in [6.07, 6.45) is 0. The van der Waals surface area contributed by atoms with Gasteiger partial charge in [0.2, 0.25) is 0 Å². The predicted molar refractivity (Wildman–Crippen MR) is 64.6 cm³/mol. The van der Waals surface area contributed by atoms with Crippen LogP contribution in [0.2, 0.25) is 5.02 Å². The molecular formula is C12H15ClFNO2. The van der Waals surface area contributed by atoms with Gasteiger partial charge < -0.3 is 10.4 Å². The van der Waals surface area contributed by atoms with Crippen molar-refractivity contribution in [3.05, 3.63) is 34.6 Å². The highest BCUT2D eigenvalue weighted by molar-refractivity contribution is 6.33. The molecule has 1 aromatic rings. The maximum Gasteiger partial charge on any atom is 0.253 e. The lowest BCUT2D eigenvalue weighted by Gasteiger charge is -2.20. The lowest BCUT2D eigenvalue weighted by molar-refractivity contribution is 0.0897. The average Bonchev–Trinajstić information content (AvgIpc) is 2.24. The summed E-state index contributed by atoms with van der Waals surface area (Å²) in [4.78, 5) is 11.8. The number of amides is 1. The quantitative estimate of drug-likeness (QED) is 0.871. The number of hydrogen-bond acceptors (Lipinski definition) is 2. The highest BCUT2D eigenvalue weighted by atomic mass is 35.5. The highest BCUT2D eigenvalue weighted by Crippen LogP contribution is 2.17. The number of rotatable bonds is 4. The molecule has 0 radical (unpaired) electrons. The number of nitrogens with one attached hydrogen (secondary N) is 1. The Morgan fingerprint density at radius 3 is 2.65 bits per heavy atom. The number of carbonyl (C=O) groups excluding carboxylic acids is 1. The number of hydrogen-bond donors (Lipinski definition) is 2. The minimum Gasteiger partial charge on any atom is -0.394 e. The van der Waals surface area contributed by atoms with E-state index in [2.05, 4.69) is 5.32 Å². The van der Waals surface area contributed by atoms with Crippen LogP contribution < -0.4 is 5.32 Å². The van der Waals surface area contributed by atoms with E-state index in [1.165, 1.54) is 12.1 Å². The van der Waals surface area contributed by atoms with Crippen molar-refractivity contribution in [3.8, 4) is 0 Å². The van der Waals surface area contributed by atoms with E-state index in [0.717, 1.165) is 6.07 Å². The van der Waals surface area contributed by atoms with Crippen LogP contribution in [0, 0.1) is 11.7 Å². The molecule has 0 aliphatic heterocycles. The summed E-state index contributed by atoms with van der Waals surface area (Å²) in [7, 11) is 0. The molecule has 0 saturated carbocycles. The van der Waals surface area contributed by atoms with Crippen molar-refractivity contribution in [2.45, 2.75) is 19.9 Å². The Morgan fingerprint density at radius 1 is 1.53 bits per heavy atom. The third-order valence-electron chi connectivity index (χ3n) is 2.49. The second-order valence-electron chi connectivity index (χ2n) is 4.13. The molecule has 0 aromatic heterocycles. The van der Waals surface area contributed by atoms with E-state index in [1.54, 1.807) is 0 Å². The van der Waals surface area contributed by atoms with E-state index in [9.17, 15) is 9.18 Å². The average molecular weight is 260 g/mol. The number of carbonyl (C=O) groups is 1. The molecule has 2 N–H and O–H groups in total. The lowest BCUT2D eigenvalue weighted by Crippen LogP contribution is -2.41. The van der Waals surface area contributed by atoms with Crippen molar-refractivity contribution in [2.24, 2.45) is 5.92 Å². The van der Waals surface area contributed by atoms with Gasteiger partial charge in [0.1, 0.15) is 5.82 Å². The summed E-state index contributed by atoms with van der Waals surface area (Å²) >= 11 is 5.77. The molecule has 3 nitrogen and oxygen atoms in total. The molecule has 5 heteroatoms. The van der Waals surface area contributed by atoms with Gasteiger partial charge in [-0.1, -0.05) is 25.4 Å². The molecule has 0 spiro atoms. The number of halogens is 2. The van der Waals surface area contributed by atoms with Crippen molar-refractivity contribution >= 4 is 17.5 Å². The van der Waals surface area contributed by atoms with Gasteiger partial charge in [0.05, 0.1) is 23.2 Å². The first-order valence-electron chi connectivity index (χ1n) is 5.32. The smallest absolute Gasteiger partial charge is 0.253 e. The standard InChI is InChI=1S/C12H15ClFNO2/c1-7(2)11(6-16)15-12(17)9-4-3-8(14)5-10(9)13/h3-5,7,11,16H,6H2,1-2H3,(H,15,17)/t11-/m1/s1. The zero-order valence-corrected chi connectivity index (χ0v) is 10.5. The lowest BCUT2D eigenvalue weighted by atomic mass is 10.0. The fourth-order valence-electron chi connectivity index (χ4n) is 1.34. The summed E-state index contributed by atoms with van der Waals surface area (Å²) in [5.41, 5.74) is 0.201. The van der Waals surface area contributed by atoms with Gasteiger partial charge in [-0.2, -0.15) is 0 Å². The van der Waals surface area contributed by atoms with Gasteiger partial charge in [0.25, 0.3) is 5.91 Å². The van der Waals surface area contributed by atoms with Gasteiger partial charge in [-0.05, 0) is 24.1 Å². The molecule has 0 aliphatic rings. The summed E-state index contributed by atoms with van der Waals surface area (Å²) in [5.74, 6) is -0.806. The Labute approximate surface area is 105 Å². The van der Waals surface area contributed by atoms with Crippen molar-refractivity contribution in [1.29, 1.82) is 0 Å². The minimum atomic E-state index is -0.492. The maximum atomic E-state index is 12.8. The van der Waals surface area contributed by atoms with Crippen LogP contribution in [0.3, 0.4) is 0 Å². The second kappa shape index (κ2) is 5.98. The van der Waals surface area contributed by atoms with Crippen LogP contribution in [0.4, 0.5) is 4.39 Å². The second-order valence-corrected chi connectivity index (χ2v) is 4.54. The summed E-state index contributed by atoms with van der Waals surface area (Å²) in [6, 6.07) is 3.23. The van der Waals surface area contributed by atoms with E-state index in [1.807, 2.05) is 13.8 Å². The normalized spacial score (nSPS) is 12.6. The fraction of sp³-hybridized carbons (Fsp3) is 0.417. The van der Waals surface area contributed by atoms with Gasteiger partial charge in [-0.15, -0.1) is 0 Å². The molecule has 1 atom stereocenters. The minimum absolute atomic E-state index is 0.0583. The summed E-state index contributed by atoms with van der Waals surface area (Å²) in [6.45, 7) is 3.61. The molecule has 1 amide bonds. The van der Waals surface area contributed by atoms with Crippen LogP contribution in [0.15, 0.2) is 18.2 Å². The molecule has 17 heavy (non-hydrogen) atoms. The van der Waals surface area contributed by atoms with E-state index in [4.69, 9.17) is 16.7 Å². The molecule has 94 valence electrons. The van der Waals surface area contributed by atoms with Crippen LogP contribution >= 0.6 is 11.6 Å². The molecule has 1 aromatic carbocycles. The summed E-state index contributed by atoms with van der Waals surface area (Å²) < 4.78 is 12.8. The fourth-order valence-corrected chi connectivity index (χ4v) is 1.60. The van der Waals surface area contributed by atoms with Gasteiger partial charge in [-0.3, -0.25) is 4.79 Å². The molecule has 0 heterocycles. The van der Waals surface area contributed by atoms with Crippen molar-refractivity contribution in [1.82, 2.24) is 5.32 Å². The van der Waals surface area contributed by atoms with Gasteiger partial charge in [0, 0.05) is 0 Å². The topological polar surface area (TPSA) is 49.3 Å². The first-order chi connectivity index (χ1) is 7.95. The van der Waals surface area contributed by atoms with Crippen molar-refractivity contribution < 1.29 is 14.3 Å². The Morgan fingerprint density at radius 2 is 2.18 bits per heavy atom. The third-order valence-corrected chi connectivity index (χ3v) is 2.81. The zero-order chi connectivity index (χ0) is 13.0. The Bertz CT molecular complexity index is 409. The van der Waals surface area contributed by atoms with E-state index >= 15 is 0 Å². The predicted octanol–water partition coefficient (Wildman–Crippen LogP) is 2.23. The Hall–Kier alpha value is -1.13. The number of benzene rings is 1. The van der Waals surface area contributed by atoms with Crippen LogP contribution in [0.1, 0.15) is 24.2 Å². The molecule has 0 fully saturated rings. The van der Waals surface area contributed by atoms with E-state index in [0.29, 0.717) is 0 Å². The van der Waals surface area contributed by atoms with E-state index in [-0.39, 0.29) is 29.2 Å². The van der Waals surface area contributed by atoms with E-state index < -0.39 is 11.7 Å². The molecule has 0 aliphatic carbocycles. The molecule has 0 saturated heterocycles. The Kier molecular flexibility index (Phi) is 4.90. The van der Waals surface area contributed by atoms with Gasteiger partial charge >= 0.3 is 0 Å². The number of aliphatic hydroxyl groups excluding tert-OH is 1. The molecular weight excluding hydrogens is 245 g/mol. The van der Waals surface area contributed by atoms with Crippen LogP contribution in [-0.2, 0) is 0 Å². The largest absolute Gasteiger partial charge is 0.394 e. The molecule has 0 unspecified atom stereocenters. The molecule has 0 bridgehead atoms. The summed E-state index contributed by atoms with van der Waals surface area (Å²) in [5, 5.41) is 11.8. The monoisotopic (exact) mass is 259 g/mol. The highest BCUT2D eigenvalue weighted by Gasteiger charge is 2.18. The SMILES string of the molecule is CC(C)[C@@H](CO)NC(=O)c1ccc(F)cc1Cl. The zero-order valence-electron chi connectivity index (χ0n) is 9.71. The van der Waals surface area contributed by atoms with Crippen molar-refractivity contribution in [3.63, 3.8) is 0 Å².